The maximum Gasteiger partial charge on any atom is 0.277 e. The Labute approximate surface area is 171 Å². The van der Waals surface area contributed by atoms with Crippen molar-refractivity contribution >= 4 is 17.7 Å². The Morgan fingerprint density at radius 3 is 3.00 bits per heavy atom. The van der Waals surface area contributed by atoms with Crippen LogP contribution in [0.2, 0.25) is 0 Å². The second-order valence-corrected chi connectivity index (χ2v) is 7.87. The molecule has 0 spiro atoms. The molecule has 8 heteroatoms. The summed E-state index contributed by atoms with van der Waals surface area (Å²) in [5.74, 6) is 1.92. The first kappa shape index (κ1) is 18.1. The minimum Gasteiger partial charge on any atom is -0.454 e. The van der Waals surface area contributed by atoms with Gasteiger partial charge in [0.2, 0.25) is 18.6 Å². The van der Waals surface area contributed by atoms with Crippen LogP contribution in [0.25, 0.3) is 11.5 Å². The Morgan fingerprint density at radius 1 is 1.14 bits per heavy atom. The van der Waals surface area contributed by atoms with Crippen LogP contribution in [0.15, 0.2) is 52.1 Å². The molecule has 29 heavy (non-hydrogen) atoms. The molecule has 1 aliphatic carbocycles. The molecule has 148 valence electrons. The van der Waals surface area contributed by atoms with Crippen LogP contribution in [0.5, 0.6) is 11.5 Å². The molecule has 1 atom stereocenters. The van der Waals surface area contributed by atoms with Crippen LogP contribution in [0.1, 0.15) is 30.0 Å². The fourth-order valence-electron chi connectivity index (χ4n) is 3.68. The minimum absolute atomic E-state index is 0.0421. The van der Waals surface area contributed by atoms with Gasteiger partial charge in [0.15, 0.2) is 11.5 Å². The largest absolute Gasteiger partial charge is 0.454 e. The van der Waals surface area contributed by atoms with Crippen molar-refractivity contribution in [2.45, 2.75) is 30.5 Å². The molecular formula is C21H19N3O4S. The normalized spacial score (nSPS) is 17.0. The van der Waals surface area contributed by atoms with Gasteiger partial charge in [0.05, 0.1) is 11.8 Å². The van der Waals surface area contributed by atoms with Crippen molar-refractivity contribution in [1.82, 2.24) is 15.5 Å². The lowest BCUT2D eigenvalue weighted by Gasteiger charge is -2.26. The van der Waals surface area contributed by atoms with E-state index in [1.54, 1.807) is 6.07 Å². The first-order valence-corrected chi connectivity index (χ1v) is 10.5. The molecule has 0 saturated carbocycles. The summed E-state index contributed by atoms with van der Waals surface area (Å²) in [7, 11) is 0. The number of fused-ring (bicyclic) bond motifs is 2. The van der Waals surface area contributed by atoms with Crippen molar-refractivity contribution in [3.05, 3.63) is 53.6 Å². The number of carbonyl (C=O) groups excluding carboxylic acids is 1. The molecule has 0 fully saturated rings. The predicted octanol–water partition coefficient (Wildman–Crippen LogP) is 3.75. The number of hydrogen-bond acceptors (Lipinski definition) is 7. The van der Waals surface area contributed by atoms with E-state index in [1.165, 1.54) is 22.9 Å². The molecule has 2 aliphatic rings. The number of aromatic nitrogens is 2. The molecule has 0 radical (unpaired) electrons. The molecule has 2 aromatic carbocycles. The minimum atomic E-state index is -0.0421. The maximum atomic E-state index is 12.4. The second kappa shape index (κ2) is 7.79. The maximum absolute atomic E-state index is 12.4. The average Bonchev–Trinajstić information content (AvgIpc) is 3.41. The molecule has 1 amide bonds. The third kappa shape index (κ3) is 3.80. The summed E-state index contributed by atoms with van der Waals surface area (Å²) in [6, 6.07) is 13.8. The van der Waals surface area contributed by atoms with Crippen LogP contribution in [0, 0.1) is 0 Å². The van der Waals surface area contributed by atoms with E-state index in [0.717, 1.165) is 24.8 Å². The lowest BCUT2D eigenvalue weighted by molar-refractivity contribution is -0.119. The molecule has 0 saturated heterocycles. The van der Waals surface area contributed by atoms with Crippen LogP contribution < -0.4 is 14.8 Å². The van der Waals surface area contributed by atoms with Gasteiger partial charge in [-0.25, -0.2) is 0 Å². The Kier molecular flexibility index (Phi) is 4.85. The zero-order valence-corrected chi connectivity index (χ0v) is 16.4. The number of rotatable bonds is 5. The van der Waals surface area contributed by atoms with Crippen LogP contribution in [-0.4, -0.2) is 28.7 Å². The summed E-state index contributed by atoms with van der Waals surface area (Å²) in [5, 5.41) is 11.6. The molecule has 1 aromatic heterocycles. The Balaban J connectivity index is 1.20. The van der Waals surface area contributed by atoms with Crippen molar-refractivity contribution in [3.63, 3.8) is 0 Å². The average molecular weight is 409 g/mol. The van der Waals surface area contributed by atoms with Gasteiger partial charge in [-0.15, -0.1) is 10.2 Å². The molecule has 0 bridgehead atoms. The van der Waals surface area contributed by atoms with Gasteiger partial charge in [-0.2, -0.15) is 0 Å². The number of thioether (sulfide) groups is 1. The second-order valence-electron chi connectivity index (χ2n) is 6.94. The summed E-state index contributed by atoms with van der Waals surface area (Å²) in [4.78, 5) is 12.4. The molecule has 7 nitrogen and oxygen atoms in total. The van der Waals surface area contributed by atoms with Gasteiger partial charge in [0.1, 0.15) is 0 Å². The first-order chi connectivity index (χ1) is 14.3. The zero-order chi connectivity index (χ0) is 19.6. The molecule has 5 rings (SSSR count). The zero-order valence-electron chi connectivity index (χ0n) is 15.6. The fraction of sp³-hybridized carbons (Fsp3) is 0.286. The summed E-state index contributed by atoms with van der Waals surface area (Å²) < 4.78 is 16.4. The van der Waals surface area contributed by atoms with Crippen LogP contribution in [0.4, 0.5) is 0 Å². The highest BCUT2D eigenvalue weighted by Crippen LogP contribution is 2.36. The van der Waals surface area contributed by atoms with Gasteiger partial charge in [0.25, 0.3) is 5.22 Å². The summed E-state index contributed by atoms with van der Waals surface area (Å²) in [6.45, 7) is 0.213. The quantitative estimate of drug-likeness (QED) is 0.642. The van der Waals surface area contributed by atoms with E-state index in [1.807, 2.05) is 24.3 Å². The van der Waals surface area contributed by atoms with Gasteiger partial charge in [-0.3, -0.25) is 4.79 Å². The van der Waals surface area contributed by atoms with Crippen molar-refractivity contribution in [2.24, 2.45) is 0 Å². The number of ether oxygens (including phenoxy) is 2. The summed E-state index contributed by atoms with van der Waals surface area (Å²) in [6.07, 6.45) is 3.11. The van der Waals surface area contributed by atoms with Gasteiger partial charge >= 0.3 is 0 Å². The van der Waals surface area contributed by atoms with Gasteiger partial charge in [-0.1, -0.05) is 36.0 Å². The van der Waals surface area contributed by atoms with Crippen molar-refractivity contribution < 1.29 is 18.7 Å². The van der Waals surface area contributed by atoms with Gasteiger partial charge < -0.3 is 19.2 Å². The van der Waals surface area contributed by atoms with E-state index in [0.29, 0.717) is 22.6 Å². The molecule has 1 N–H and O–H groups in total. The number of amides is 1. The van der Waals surface area contributed by atoms with Crippen molar-refractivity contribution in [1.29, 1.82) is 0 Å². The smallest absolute Gasteiger partial charge is 0.277 e. The van der Waals surface area contributed by atoms with E-state index in [2.05, 4.69) is 27.6 Å². The van der Waals surface area contributed by atoms with Crippen LogP contribution in [0.3, 0.4) is 0 Å². The summed E-state index contributed by atoms with van der Waals surface area (Å²) >= 11 is 1.23. The van der Waals surface area contributed by atoms with E-state index in [-0.39, 0.29) is 24.5 Å². The number of carbonyl (C=O) groups is 1. The number of nitrogens with zero attached hydrogens (tertiary/aromatic N) is 2. The lowest BCUT2D eigenvalue weighted by atomic mass is 9.88. The third-order valence-electron chi connectivity index (χ3n) is 5.06. The number of benzene rings is 2. The van der Waals surface area contributed by atoms with E-state index < -0.39 is 0 Å². The Hall–Kier alpha value is -3.00. The standard InChI is InChI=1S/C21H19N3O4S/c25-19(22-16-7-3-5-13-4-1-2-6-15(13)16)11-29-21-24-23-20(28-21)14-8-9-17-18(10-14)27-12-26-17/h1-2,4,6,8-10,16H,3,5,7,11-12H2,(H,22,25)/t16-/m0/s1. The highest BCUT2D eigenvalue weighted by molar-refractivity contribution is 7.99. The molecule has 2 heterocycles. The molecule has 0 unspecified atom stereocenters. The van der Waals surface area contributed by atoms with Crippen molar-refractivity contribution in [3.8, 4) is 23.0 Å². The van der Waals surface area contributed by atoms with E-state index >= 15 is 0 Å². The van der Waals surface area contributed by atoms with Gasteiger partial charge in [-0.05, 0) is 48.6 Å². The monoisotopic (exact) mass is 409 g/mol. The molecule has 3 aromatic rings. The lowest BCUT2D eigenvalue weighted by Crippen LogP contribution is -2.32. The predicted molar refractivity (Wildman–Crippen MR) is 107 cm³/mol. The van der Waals surface area contributed by atoms with E-state index in [4.69, 9.17) is 13.9 Å². The topological polar surface area (TPSA) is 86.5 Å². The number of nitrogens with one attached hydrogen (secondary N) is 1. The van der Waals surface area contributed by atoms with E-state index in [9.17, 15) is 4.79 Å². The molecular weight excluding hydrogens is 390 g/mol. The number of hydrogen-bond donors (Lipinski definition) is 1. The van der Waals surface area contributed by atoms with Crippen molar-refractivity contribution in [2.75, 3.05) is 12.5 Å². The highest BCUT2D eigenvalue weighted by Gasteiger charge is 2.22. The first-order valence-electron chi connectivity index (χ1n) is 9.50. The Morgan fingerprint density at radius 2 is 2.03 bits per heavy atom. The number of aryl methyl sites for hydroxylation is 1. The van der Waals surface area contributed by atoms with Crippen LogP contribution in [-0.2, 0) is 11.2 Å². The van der Waals surface area contributed by atoms with Gasteiger partial charge in [0, 0.05) is 5.56 Å². The molecule has 1 aliphatic heterocycles. The highest BCUT2D eigenvalue weighted by atomic mass is 32.2. The van der Waals surface area contributed by atoms with Crippen LogP contribution >= 0.6 is 11.8 Å². The SMILES string of the molecule is O=C(CSc1nnc(-c2ccc3c(c2)OCO3)o1)N[C@H]1CCCc2ccccc21. The summed E-state index contributed by atoms with van der Waals surface area (Å²) in [5.41, 5.74) is 3.29. The Bertz CT molecular complexity index is 1050. The fourth-order valence-corrected chi connectivity index (χ4v) is 4.26. The third-order valence-corrected chi connectivity index (χ3v) is 5.88.